The molecule has 5 aromatic carbocycles. The number of benzene rings is 5. The smallest absolute Gasteiger partial charge is 0.459 e. The molecule has 0 radical (unpaired) electrons. The Hall–Kier alpha value is -9.47. The monoisotopic (exact) mass is 1730 g/mol. The Balaban J connectivity index is 0.000000185. The highest BCUT2D eigenvalue weighted by Crippen LogP contribution is 2.52. The van der Waals surface area contributed by atoms with E-state index in [9.17, 15) is 53.5 Å². The molecule has 7 heterocycles. The number of furan rings is 1. The third kappa shape index (κ3) is 25.3. The van der Waals surface area contributed by atoms with Crippen LogP contribution in [0.15, 0.2) is 199 Å². The van der Waals surface area contributed by atoms with Crippen LogP contribution in [-0.2, 0) is 62.5 Å². The number of hydrogen-bond acceptors (Lipinski definition) is 36. The number of nitro groups is 1. The van der Waals surface area contributed by atoms with Crippen LogP contribution in [0.5, 0.6) is 17.2 Å². The topological polar surface area (TPSA) is 500 Å². The van der Waals surface area contributed by atoms with E-state index in [1.54, 1.807) is 83.1 Å². The highest BCUT2D eigenvalue weighted by atomic mass is 32.2. The predicted octanol–water partition coefficient (Wildman–Crippen LogP) is 10.2. The Bertz CT molecular complexity index is 4920. The van der Waals surface area contributed by atoms with Crippen molar-refractivity contribution in [2.45, 2.75) is 149 Å². The normalized spacial score (nSPS) is 23.4. The van der Waals surface area contributed by atoms with Gasteiger partial charge >= 0.3 is 47.0 Å². The summed E-state index contributed by atoms with van der Waals surface area (Å²) in [6.45, 7) is 22.8. The molecular formula is C74H93N16O21P3S3. The van der Waals surface area contributed by atoms with E-state index < -0.39 is 104 Å². The number of aliphatic hydroxyl groups excluding tert-OH is 3. The first-order valence-electron chi connectivity index (χ1n) is 36.6. The molecule has 12 N–H and O–H groups in total. The summed E-state index contributed by atoms with van der Waals surface area (Å²) in [4.78, 5) is 77.0. The van der Waals surface area contributed by atoms with Gasteiger partial charge in [-0.25, -0.2) is 28.7 Å². The van der Waals surface area contributed by atoms with Gasteiger partial charge < -0.3 is 79.4 Å². The van der Waals surface area contributed by atoms with Crippen molar-refractivity contribution in [2.24, 2.45) is 53.1 Å². The number of aliphatic imine (C=N–C) groups is 6. The summed E-state index contributed by atoms with van der Waals surface area (Å²) >= 11 is 4.16. The van der Waals surface area contributed by atoms with Crippen LogP contribution in [0.25, 0.3) is 21.5 Å². The molecule has 3 fully saturated rings. The summed E-state index contributed by atoms with van der Waals surface area (Å²) in [5, 5.41) is 52.0. The van der Waals surface area contributed by atoms with Crippen molar-refractivity contribution >= 4 is 141 Å². The number of nitrogens with zero attached hydrogens (tertiary/aromatic N) is 10. The molecule has 1 aromatic heterocycles. The maximum atomic E-state index is 14.1. The summed E-state index contributed by atoms with van der Waals surface area (Å²) < 4.78 is 97.5. The first kappa shape index (κ1) is 89.9. The predicted molar refractivity (Wildman–Crippen MR) is 448 cm³/mol. The Morgan fingerprint density at radius 3 is 1.30 bits per heavy atom. The summed E-state index contributed by atoms with van der Waals surface area (Å²) in [6, 6.07) is 33.2. The second-order valence-electron chi connectivity index (χ2n) is 27.5. The number of hydrogen-bond donors (Lipinski definition) is 9. The van der Waals surface area contributed by atoms with Crippen LogP contribution in [0.1, 0.15) is 73.5 Å². The second kappa shape index (κ2) is 40.8. The molecular weight excluding hydrogens is 1640 g/mol. The number of nitrogens with one attached hydrogen (secondary N) is 3. The minimum atomic E-state index is -4.19. The molecule has 0 saturated carbocycles. The number of fused-ring (bicyclic) bond motifs is 2. The highest BCUT2D eigenvalue weighted by Gasteiger charge is 2.45. The zero-order chi connectivity index (χ0) is 84.5. The standard InChI is InChI=1S/C26H34N5O6PS.C25H32N5O6PS.C23H27N6O9PS/c1-16(2)13-35-25(33)17(3)30-38(34,37-22-11-7-9-19-8-5-6-10-20(19)22)36-14-23-21(32)12-24(39-23)31-15-28-26(27)29-18(31)4;1-15(2)35-24(32)16(3)29-37(33,36-21-11-7-9-18-8-5-6-10-19(18)21)34-13-22-20(31)12-23(38-22)30-14-27-25(26)28-17(30)4;1-14(22(31)35-11-17-8-9-20(37-17)29(32)33)27-39(34,38-16-6-4-3-5-7-16)36-12-19-18(30)10-21(40-19)28-13-25-23(24)26-15(28)2/h5-11,15-17,21,23-24,32H,4,12-14H2,1-3H3,(H2,27,29)(H,30,34);5-11,14-16,20,22-23,31H,4,12-13H2,1-3H3,(H2,26,28)(H,29,33);3-9,13-14,18-19,21,30H,2,10-12H2,1H3,(H2,24,26)(H,27,34)/t17-,21+,23+,24+,38?;16-,20+,22+,23+,37?;14-,18+,19+,21+,39?/m000/s1. The van der Waals surface area contributed by atoms with Gasteiger partial charge in [-0.3, -0.25) is 38.1 Å². The molecule has 0 aliphatic carbocycles. The van der Waals surface area contributed by atoms with Crippen molar-refractivity contribution in [3.8, 4) is 17.2 Å². The van der Waals surface area contributed by atoms with Gasteiger partial charge in [-0.1, -0.05) is 125 Å². The lowest BCUT2D eigenvalue weighted by Gasteiger charge is -2.27. The fourth-order valence-corrected chi connectivity index (χ4v) is 20.9. The van der Waals surface area contributed by atoms with E-state index in [-0.39, 0.29) is 90.6 Å². The van der Waals surface area contributed by atoms with Crippen LogP contribution >= 0.6 is 58.5 Å². The first-order chi connectivity index (χ1) is 55.6. The maximum absolute atomic E-state index is 14.1. The fraction of sp³-hybridized carbons (Fsp3) is 0.392. The molecule has 0 amide bonds. The summed E-state index contributed by atoms with van der Waals surface area (Å²) in [5.41, 5.74) is 16.9. The van der Waals surface area contributed by atoms with Gasteiger partial charge in [0.05, 0.1) is 88.8 Å². The number of para-hydroxylation sites is 1. The number of guanidine groups is 3. The van der Waals surface area contributed by atoms with E-state index in [0.717, 1.165) is 27.6 Å². The van der Waals surface area contributed by atoms with E-state index in [1.165, 1.54) is 81.1 Å². The molecule has 37 nitrogen and oxygen atoms in total. The minimum Gasteiger partial charge on any atom is -0.464 e. The summed E-state index contributed by atoms with van der Waals surface area (Å²) in [7, 11) is -12.4. The van der Waals surface area contributed by atoms with E-state index in [2.05, 4.69) is 65.0 Å². The van der Waals surface area contributed by atoms with Gasteiger partial charge in [0, 0.05) is 30.0 Å². The van der Waals surface area contributed by atoms with Gasteiger partial charge in [0.15, 0.2) is 0 Å². The average molecular weight is 1730 g/mol. The SMILES string of the molecule is C=C1N=C(N)N=CN1[C@H]1C[C@@H](O)[C@@H](COP(=O)(N[C@@H](C)C(=O)OC(C)C)Oc2cccc3ccccc23)S1.C=C1N=C(N)N=CN1[C@H]1C[C@@H](O)[C@@H](COP(=O)(N[C@@H](C)C(=O)OCC(C)C)Oc2cccc3ccccc23)S1.C=C1N=C(N)N=CN1[C@H]1C[C@@H](O)[C@@H](COP(=O)(N[C@@H](C)C(=O)OCc2ccc([N+](=O)[O-])o2)Oc2ccccc2)S1. The third-order valence-electron chi connectivity index (χ3n) is 17.5. The number of ether oxygens (including phenoxy) is 3. The molecule has 6 aromatic rings. The maximum Gasteiger partial charge on any atom is 0.459 e. The number of carbonyl (C=O) groups is 3. The Morgan fingerprint density at radius 2 is 0.915 bits per heavy atom. The van der Waals surface area contributed by atoms with E-state index in [4.69, 9.17) is 63.0 Å². The van der Waals surface area contributed by atoms with Gasteiger partial charge in [0.25, 0.3) is 0 Å². The van der Waals surface area contributed by atoms with Crippen LogP contribution in [0, 0.1) is 16.0 Å². The molecule has 0 spiro atoms. The highest BCUT2D eigenvalue weighted by molar-refractivity contribution is 8.01. The average Bonchev–Trinajstić information content (AvgIpc) is 1.39. The van der Waals surface area contributed by atoms with Crippen LogP contribution in [-0.4, -0.2) is 191 Å². The van der Waals surface area contributed by atoms with Gasteiger partial charge in [-0.05, 0) is 81.6 Å². The summed E-state index contributed by atoms with van der Waals surface area (Å²) in [5.74, 6) is 0.0770. The fourth-order valence-electron chi connectivity index (χ4n) is 11.7. The second-order valence-corrected chi connectivity index (χ2v) is 36.8. The zero-order valence-electron chi connectivity index (χ0n) is 64.7. The summed E-state index contributed by atoms with van der Waals surface area (Å²) in [6.07, 6.45) is 2.88. The zero-order valence-corrected chi connectivity index (χ0v) is 69.8. The number of thioether (sulfide) groups is 3. The molecule has 628 valence electrons. The lowest BCUT2D eigenvalue weighted by molar-refractivity contribution is -0.402. The lowest BCUT2D eigenvalue weighted by Crippen LogP contribution is -2.37. The number of esters is 3. The van der Waals surface area contributed by atoms with E-state index >= 15 is 0 Å². The third-order valence-corrected chi connectivity index (χ3v) is 27.0. The molecule has 43 heteroatoms. The molecule has 6 aliphatic heterocycles. The van der Waals surface area contributed by atoms with Crippen molar-refractivity contribution in [3.05, 3.63) is 180 Å². The minimum absolute atomic E-state index is 0.0591. The number of nitrogens with two attached hydrogens (primary N) is 3. The van der Waals surface area contributed by atoms with E-state index in [1.807, 2.05) is 74.5 Å². The number of carbonyl (C=O) groups excluding carboxylic acids is 3. The molecule has 12 rings (SSSR count). The van der Waals surface area contributed by atoms with Crippen LogP contribution < -0.4 is 46.0 Å². The Morgan fingerprint density at radius 1 is 0.538 bits per heavy atom. The van der Waals surface area contributed by atoms with Gasteiger partial charge in [0.2, 0.25) is 17.9 Å². The van der Waals surface area contributed by atoms with Crippen molar-refractivity contribution in [3.63, 3.8) is 0 Å². The molecule has 15 atom stereocenters. The van der Waals surface area contributed by atoms with E-state index in [0.29, 0.717) is 48.2 Å². The van der Waals surface area contributed by atoms with Crippen LogP contribution in [0.3, 0.4) is 0 Å². The van der Waals surface area contributed by atoms with Crippen LogP contribution in [0.4, 0.5) is 5.88 Å². The van der Waals surface area contributed by atoms with Crippen molar-refractivity contribution in [1.82, 2.24) is 30.0 Å². The molecule has 6 aliphatic rings. The van der Waals surface area contributed by atoms with Crippen molar-refractivity contribution in [1.29, 1.82) is 0 Å². The van der Waals surface area contributed by atoms with Crippen LogP contribution in [0.2, 0.25) is 0 Å². The quantitative estimate of drug-likeness (QED) is 0.00608. The number of rotatable bonds is 33. The van der Waals surface area contributed by atoms with Crippen molar-refractivity contribution in [2.75, 3.05) is 26.4 Å². The molecule has 3 saturated heterocycles. The largest absolute Gasteiger partial charge is 0.464 e. The Labute approximate surface area is 687 Å². The molecule has 3 unspecified atom stereocenters. The van der Waals surface area contributed by atoms with Crippen molar-refractivity contribution < 1.29 is 94.1 Å². The van der Waals surface area contributed by atoms with Gasteiger partial charge in [-0.15, -0.1) is 35.3 Å². The van der Waals surface area contributed by atoms with Gasteiger partial charge in [0.1, 0.15) is 89.1 Å². The van der Waals surface area contributed by atoms with Gasteiger partial charge in [-0.2, -0.15) is 30.2 Å². The molecule has 0 bridgehead atoms. The molecule has 117 heavy (non-hydrogen) atoms. The first-order valence-corrected chi connectivity index (χ1v) is 44.1. The Kier molecular flexibility index (Phi) is 31.3. The number of aliphatic hydroxyl groups is 3. The lowest BCUT2D eigenvalue weighted by atomic mass is 10.1.